The van der Waals surface area contributed by atoms with E-state index in [1.165, 1.54) is 0 Å². The fourth-order valence-electron chi connectivity index (χ4n) is 1.20. The van der Waals surface area contributed by atoms with Crippen LogP contribution < -0.4 is 0 Å². The highest BCUT2D eigenvalue weighted by molar-refractivity contribution is 7.99. The Morgan fingerprint density at radius 3 is 2.75 bits per heavy atom. The van der Waals surface area contributed by atoms with Crippen molar-refractivity contribution in [2.75, 3.05) is 5.75 Å². The number of rotatable bonds is 5. The Morgan fingerprint density at radius 2 is 2.19 bits per heavy atom. The van der Waals surface area contributed by atoms with Gasteiger partial charge in [0.15, 0.2) is 0 Å². The summed E-state index contributed by atoms with van der Waals surface area (Å²) >= 11 is 7.41. The van der Waals surface area contributed by atoms with Crippen molar-refractivity contribution >= 4 is 29.3 Å². The first-order valence-corrected chi connectivity index (χ1v) is 6.52. The molecule has 0 saturated carbocycles. The Kier molecular flexibility index (Phi) is 5.16. The van der Waals surface area contributed by atoms with Crippen LogP contribution in [0.3, 0.4) is 0 Å². The first-order valence-electron chi connectivity index (χ1n) is 5.16. The van der Waals surface area contributed by atoms with E-state index in [0.29, 0.717) is 16.5 Å². The Labute approximate surface area is 105 Å². The van der Waals surface area contributed by atoms with Crippen molar-refractivity contribution in [2.45, 2.75) is 25.2 Å². The number of hydrogen-bond acceptors (Lipinski definition) is 2. The van der Waals surface area contributed by atoms with Gasteiger partial charge in [0.2, 0.25) is 0 Å². The molecular formula is C12H15ClO2S. The summed E-state index contributed by atoms with van der Waals surface area (Å²) in [5.74, 6) is 0.641. The Morgan fingerprint density at radius 1 is 1.50 bits per heavy atom. The fraction of sp³-hybridized carbons (Fsp3) is 0.417. The van der Waals surface area contributed by atoms with Gasteiger partial charge in [-0.05, 0) is 36.3 Å². The lowest BCUT2D eigenvalue weighted by Gasteiger charge is -2.07. The van der Waals surface area contributed by atoms with Crippen molar-refractivity contribution in [1.82, 2.24) is 0 Å². The van der Waals surface area contributed by atoms with Gasteiger partial charge in [0.25, 0.3) is 0 Å². The summed E-state index contributed by atoms with van der Waals surface area (Å²) in [7, 11) is 0. The van der Waals surface area contributed by atoms with Crippen LogP contribution >= 0.6 is 23.4 Å². The number of hydrogen-bond donors (Lipinski definition) is 1. The van der Waals surface area contributed by atoms with E-state index in [1.807, 2.05) is 0 Å². The molecule has 2 nitrogen and oxygen atoms in total. The minimum Gasteiger partial charge on any atom is -0.478 e. The molecule has 0 aliphatic rings. The fourth-order valence-corrected chi connectivity index (χ4v) is 2.76. The van der Waals surface area contributed by atoms with Gasteiger partial charge in [0.1, 0.15) is 0 Å². The van der Waals surface area contributed by atoms with E-state index in [2.05, 4.69) is 13.8 Å². The molecule has 0 aromatic heterocycles. The molecule has 0 bridgehead atoms. The maximum absolute atomic E-state index is 11.0. The van der Waals surface area contributed by atoms with E-state index in [-0.39, 0.29) is 0 Å². The molecule has 0 spiro atoms. The smallest absolute Gasteiger partial charge is 0.336 e. The number of carboxylic acid groups (broad SMARTS) is 1. The minimum absolute atomic E-state index is 0.332. The molecule has 0 radical (unpaired) electrons. The largest absolute Gasteiger partial charge is 0.478 e. The van der Waals surface area contributed by atoms with E-state index in [9.17, 15) is 4.79 Å². The molecule has 0 fully saturated rings. The summed E-state index contributed by atoms with van der Waals surface area (Å²) in [5.41, 5.74) is 0.332. The van der Waals surface area contributed by atoms with Crippen LogP contribution in [0.15, 0.2) is 23.1 Å². The Hall–Kier alpha value is -0.670. The van der Waals surface area contributed by atoms with Crippen molar-refractivity contribution in [3.05, 3.63) is 28.8 Å². The van der Waals surface area contributed by atoms with Gasteiger partial charge in [-0.25, -0.2) is 4.79 Å². The lowest BCUT2D eigenvalue weighted by atomic mass is 10.2. The molecule has 0 aliphatic carbocycles. The second-order valence-electron chi connectivity index (χ2n) is 3.98. The zero-order chi connectivity index (χ0) is 12.1. The number of halogens is 1. The zero-order valence-corrected chi connectivity index (χ0v) is 10.9. The number of thioether (sulfide) groups is 1. The molecular weight excluding hydrogens is 244 g/mol. The Bertz CT molecular complexity index is 377. The maximum atomic E-state index is 11.0. The maximum Gasteiger partial charge on any atom is 0.336 e. The summed E-state index contributed by atoms with van der Waals surface area (Å²) in [4.78, 5) is 11.7. The molecule has 4 heteroatoms. The van der Waals surface area contributed by atoms with Gasteiger partial charge in [-0.15, -0.1) is 11.8 Å². The Balaban J connectivity index is 2.76. The monoisotopic (exact) mass is 258 g/mol. The van der Waals surface area contributed by atoms with Crippen molar-refractivity contribution in [3.8, 4) is 0 Å². The van der Waals surface area contributed by atoms with Gasteiger partial charge in [0, 0.05) is 9.92 Å². The van der Waals surface area contributed by atoms with E-state index in [0.717, 1.165) is 17.1 Å². The van der Waals surface area contributed by atoms with Crippen LogP contribution in [-0.4, -0.2) is 16.8 Å². The molecule has 1 aromatic rings. The van der Waals surface area contributed by atoms with Gasteiger partial charge >= 0.3 is 5.97 Å². The summed E-state index contributed by atoms with van der Waals surface area (Å²) in [6, 6.07) is 4.88. The highest BCUT2D eigenvalue weighted by Gasteiger charge is 2.10. The molecule has 0 heterocycles. The standard InChI is InChI=1S/C12H15ClO2S/c1-8(2)5-6-16-11-7-9(13)3-4-10(11)12(14)15/h3-4,7-8H,5-6H2,1-2H3,(H,14,15). The predicted octanol–water partition coefficient (Wildman–Crippen LogP) is 4.18. The first-order chi connectivity index (χ1) is 7.50. The van der Waals surface area contributed by atoms with Crippen molar-refractivity contribution < 1.29 is 9.90 Å². The lowest BCUT2D eigenvalue weighted by Crippen LogP contribution is -1.99. The molecule has 0 atom stereocenters. The van der Waals surface area contributed by atoms with Crippen LogP contribution in [0.2, 0.25) is 5.02 Å². The highest BCUT2D eigenvalue weighted by Crippen LogP contribution is 2.27. The van der Waals surface area contributed by atoms with Crippen LogP contribution in [0.1, 0.15) is 30.6 Å². The second kappa shape index (κ2) is 6.16. The van der Waals surface area contributed by atoms with E-state index >= 15 is 0 Å². The second-order valence-corrected chi connectivity index (χ2v) is 5.55. The molecule has 0 aliphatic heterocycles. The van der Waals surface area contributed by atoms with Crippen LogP contribution in [0.25, 0.3) is 0 Å². The number of carbonyl (C=O) groups is 1. The first kappa shape index (κ1) is 13.4. The van der Waals surface area contributed by atoms with E-state index in [4.69, 9.17) is 16.7 Å². The molecule has 0 unspecified atom stereocenters. The summed E-state index contributed by atoms with van der Waals surface area (Å²) < 4.78 is 0. The summed E-state index contributed by atoms with van der Waals surface area (Å²) in [6.07, 6.45) is 1.07. The summed E-state index contributed by atoms with van der Waals surface area (Å²) in [6.45, 7) is 4.30. The normalized spacial score (nSPS) is 10.8. The van der Waals surface area contributed by atoms with Gasteiger partial charge < -0.3 is 5.11 Å². The molecule has 88 valence electrons. The number of aromatic carboxylic acids is 1. The molecule has 1 rings (SSSR count). The predicted molar refractivity (Wildman–Crippen MR) is 68.6 cm³/mol. The average molecular weight is 259 g/mol. The van der Waals surface area contributed by atoms with Gasteiger partial charge in [-0.2, -0.15) is 0 Å². The zero-order valence-electron chi connectivity index (χ0n) is 9.37. The highest BCUT2D eigenvalue weighted by atomic mass is 35.5. The van der Waals surface area contributed by atoms with Crippen LogP contribution in [0, 0.1) is 5.92 Å². The average Bonchev–Trinajstić information content (AvgIpc) is 2.16. The third-order valence-electron chi connectivity index (χ3n) is 2.13. The topological polar surface area (TPSA) is 37.3 Å². The van der Waals surface area contributed by atoms with Crippen molar-refractivity contribution in [3.63, 3.8) is 0 Å². The van der Waals surface area contributed by atoms with Crippen molar-refractivity contribution in [2.24, 2.45) is 5.92 Å². The van der Waals surface area contributed by atoms with E-state index in [1.54, 1.807) is 30.0 Å². The molecule has 1 N–H and O–H groups in total. The number of benzene rings is 1. The van der Waals surface area contributed by atoms with Gasteiger partial charge in [-0.3, -0.25) is 0 Å². The summed E-state index contributed by atoms with van der Waals surface area (Å²) in [5, 5.41) is 9.59. The molecule has 1 aromatic carbocycles. The van der Waals surface area contributed by atoms with Gasteiger partial charge in [-0.1, -0.05) is 25.4 Å². The van der Waals surface area contributed by atoms with Crippen LogP contribution in [0.4, 0.5) is 0 Å². The molecule has 0 amide bonds. The van der Waals surface area contributed by atoms with Crippen molar-refractivity contribution in [1.29, 1.82) is 0 Å². The van der Waals surface area contributed by atoms with Crippen LogP contribution in [-0.2, 0) is 0 Å². The van der Waals surface area contributed by atoms with Crippen LogP contribution in [0.5, 0.6) is 0 Å². The van der Waals surface area contributed by atoms with E-state index < -0.39 is 5.97 Å². The third-order valence-corrected chi connectivity index (χ3v) is 3.45. The quantitative estimate of drug-likeness (QED) is 0.805. The number of carboxylic acids is 1. The minimum atomic E-state index is -0.899. The SMILES string of the molecule is CC(C)CCSc1cc(Cl)ccc1C(=O)O. The third kappa shape index (κ3) is 4.06. The lowest BCUT2D eigenvalue weighted by molar-refractivity contribution is 0.0693. The molecule has 0 saturated heterocycles. The van der Waals surface area contributed by atoms with Gasteiger partial charge in [0.05, 0.1) is 5.56 Å². The molecule has 16 heavy (non-hydrogen) atoms.